The average Bonchev–Trinajstić information content (AvgIpc) is 1.38. The molecule has 0 aromatic carbocycles. The molecule has 0 aliphatic rings. The molecule has 0 bridgehead atoms. The maximum absolute atomic E-state index is 5.30. The second-order valence-electron chi connectivity index (χ2n) is 0.568. The van der Waals surface area contributed by atoms with Crippen LogP contribution in [0.1, 0.15) is 0 Å². The van der Waals surface area contributed by atoms with Crippen LogP contribution in [0.4, 0.5) is 0 Å². The smallest absolute Gasteiger partial charge is 0.0418 e. The summed E-state index contributed by atoms with van der Waals surface area (Å²) in [4.78, 5) is 1.43. The molecule has 1 atom stereocenters. The summed E-state index contributed by atoms with van der Waals surface area (Å²) >= 11 is 5.09. The molecule has 0 amide bonds. The highest BCUT2D eigenvalue weighted by molar-refractivity contribution is 8.34. The largest absolute Gasteiger partial charge is 0.0862 e. The van der Waals surface area contributed by atoms with E-state index in [1.807, 2.05) is 6.26 Å². The summed E-state index contributed by atoms with van der Waals surface area (Å²) < 4.78 is 0. The first-order valence-corrected chi connectivity index (χ1v) is 3.98. The molecule has 5 heavy (non-hydrogen) atoms. The third kappa shape index (κ3) is 4.80. The van der Waals surface area contributed by atoms with Crippen molar-refractivity contribution in [1.29, 1.82) is 0 Å². The van der Waals surface area contributed by atoms with Crippen molar-refractivity contribution >= 4 is 36.8 Å². The molecule has 0 aromatic heterocycles. The van der Waals surface area contributed by atoms with Gasteiger partial charge in [0, 0.05) is 4.83 Å². The van der Waals surface area contributed by atoms with Crippen LogP contribution >= 0.6 is 32.0 Å². The fraction of sp³-hybridized carbons (Fsp3) is 0.500. The SMILES string of the molecule is CS(Cl)=CCl. The third-order valence-electron chi connectivity index (χ3n) is 0.123. The third-order valence-corrected chi connectivity index (χ3v) is 1.71. The first-order valence-electron chi connectivity index (χ1n) is 1.02. The second kappa shape index (κ2) is 3.01. The van der Waals surface area contributed by atoms with Crippen molar-refractivity contribution in [3.05, 3.63) is 0 Å². The van der Waals surface area contributed by atoms with Crippen LogP contribution in [-0.2, 0) is 0 Å². The maximum Gasteiger partial charge on any atom is 0.0418 e. The van der Waals surface area contributed by atoms with Crippen molar-refractivity contribution in [3.8, 4) is 0 Å². The molecule has 0 nitrogen and oxygen atoms in total. The zero-order valence-electron chi connectivity index (χ0n) is 2.74. The van der Waals surface area contributed by atoms with Crippen molar-refractivity contribution in [1.82, 2.24) is 0 Å². The number of halogens is 2. The van der Waals surface area contributed by atoms with Gasteiger partial charge in [-0.1, -0.05) is 32.0 Å². The summed E-state index contributed by atoms with van der Waals surface area (Å²) in [6.45, 7) is 0. The van der Waals surface area contributed by atoms with Crippen LogP contribution in [0.2, 0.25) is 0 Å². The Hall–Kier alpha value is 0.800. The van der Waals surface area contributed by atoms with Crippen LogP contribution in [0, 0.1) is 0 Å². The molecule has 3 heteroatoms. The molecule has 0 aliphatic heterocycles. The van der Waals surface area contributed by atoms with Crippen LogP contribution in [0.3, 0.4) is 0 Å². The molecule has 0 N–H and O–H groups in total. The van der Waals surface area contributed by atoms with E-state index in [-0.39, 0.29) is 9.70 Å². The topological polar surface area (TPSA) is 0 Å². The van der Waals surface area contributed by atoms with Crippen LogP contribution in [0.5, 0.6) is 0 Å². The van der Waals surface area contributed by atoms with E-state index in [0.717, 1.165) is 0 Å². The molecule has 32 valence electrons. The summed E-state index contributed by atoms with van der Waals surface area (Å²) in [6.07, 6.45) is 1.83. The zero-order chi connectivity index (χ0) is 4.28. The summed E-state index contributed by atoms with van der Waals surface area (Å²) in [7, 11) is 5.09. The minimum Gasteiger partial charge on any atom is -0.0862 e. The number of hydrogen-bond donors (Lipinski definition) is 0. The van der Waals surface area contributed by atoms with Crippen LogP contribution in [-0.4, -0.2) is 11.1 Å². The fourth-order valence-corrected chi connectivity index (χ4v) is 0. The first-order chi connectivity index (χ1) is 2.27. The van der Waals surface area contributed by atoms with Gasteiger partial charge in [-0.2, -0.15) is 0 Å². The van der Waals surface area contributed by atoms with E-state index < -0.39 is 0 Å². The molecule has 0 spiro atoms. The summed E-state index contributed by atoms with van der Waals surface area (Å²) in [5.41, 5.74) is 0. The number of hydrogen-bond acceptors (Lipinski definition) is 0. The highest BCUT2D eigenvalue weighted by Gasteiger charge is 1.63. The highest BCUT2D eigenvalue weighted by Crippen LogP contribution is 2.10. The molecule has 0 saturated heterocycles. The Balaban J connectivity index is 3.14. The molecule has 1 unspecified atom stereocenters. The summed E-state index contributed by atoms with van der Waals surface area (Å²) in [5, 5.41) is 0. The van der Waals surface area contributed by atoms with E-state index in [1.54, 1.807) is 0 Å². The van der Waals surface area contributed by atoms with Gasteiger partial charge in [0.2, 0.25) is 0 Å². The Morgan fingerprint density at radius 3 is 2.00 bits per heavy atom. The van der Waals surface area contributed by atoms with Crippen molar-refractivity contribution in [2.75, 3.05) is 6.26 Å². The Labute approximate surface area is 43.5 Å². The quantitative estimate of drug-likeness (QED) is 0.348. The zero-order valence-corrected chi connectivity index (χ0v) is 5.07. The molecule has 0 aliphatic carbocycles. The summed E-state index contributed by atoms with van der Waals surface area (Å²) in [5.74, 6) is 0. The van der Waals surface area contributed by atoms with E-state index >= 15 is 0 Å². The molecule has 0 fully saturated rings. The molecular formula is C2H4Cl2S. The van der Waals surface area contributed by atoms with Crippen LogP contribution < -0.4 is 0 Å². The Bertz CT molecular complexity index is 45.6. The van der Waals surface area contributed by atoms with Crippen molar-refractivity contribution in [2.24, 2.45) is 0 Å². The molecule has 0 saturated carbocycles. The standard InChI is InChI=1S/C2H4Cl2S/c1-5(4)2-3/h2H,1H3. The van der Waals surface area contributed by atoms with Crippen LogP contribution in [0.15, 0.2) is 0 Å². The van der Waals surface area contributed by atoms with Gasteiger partial charge >= 0.3 is 0 Å². The van der Waals surface area contributed by atoms with Crippen molar-refractivity contribution in [2.45, 2.75) is 0 Å². The van der Waals surface area contributed by atoms with Crippen LogP contribution in [0.25, 0.3) is 0 Å². The van der Waals surface area contributed by atoms with Crippen molar-refractivity contribution < 1.29 is 0 Å². The minimum absolute atomic E-state index is 0.210. The molecular weight excluding hydrogens is 127 g/mol. The minimum atomic E-state index is -0.210. The highest BCUT2D eigenvalue weighted by atomic mass is 35.7. The fourth-order valence-electron chi connectivity index (χ4n) is 0. The van der Waals surface area contributed by atoms with E-state index in [0.29, 0.717) is 0 Å². The predicted molar refractivity (Wildman–Crippen MR) is 31.3 cm³/mol. The lowest BCUT2D eigenvalue weighted by Crippen LogP contribution is -1.41. The lowest BCUT2D eigenvalue weighted by Gasteiger charge is -1.71. The number of rotatable bonds is 0. The monoisotopic (exact) mass is 130 g/mol. The lowest BCUT2D eigenvalue weighted by molar-refractivity contribution is 2.53. The molecule has 0 heterocycles. The van der Waals surface area contributed by atoms with Gasteiger partial charge in [0.15, 0.2) is 0 Å². The van der Waals surface area contributed by atoms with E-state index in [1.165, 1.54) is 4.83 Å². The summed E-state index contributed by atoms with van der Waals surface area (Å²) in [6, 6.07) is 0. The molecule has 0 radical (unpaired) electrons. The van der Waals surface area contributed by atoms with E-state index in [4.69, 9.17) is 22.3 Å². The second-order valence-corrected chi connectivity index (χ2v) is 3.70. The van der Waals surface area contributed by atoms with Gasteiger partial charge < -0.3 is 0 Å². The Morgan fingerprint density at radius 1 is 1.80 bits per heavy atom. The van der Waals surface area contributed by atoms with Gasteiger partial charge in [-0.05, 0) is 6.26 Å². The average molecular weight is 131 g/mol. The van der Waals surface area contributed by atoms with Gasteiger partial charge in [-0.3, -0.25) is 0 Å². The molecule has 0 aromatic rings. The molecule has 0 rings (SSSR count). The Morgan fingerprint density at radius 2 is 2.00 bits per heavy atom. The lowest BCUT2D eigenvalue weighted by atomic mass is 11.9. The van der Waals surface area contributed by atoms with E-state index in [2.05, 4.69) is 0 Å². The van der Waals surface area contributed by atoms with E-state index in [9.17, 15) is 0 Å². The normalized spacial score (nSPS) is 15.8. The Kier molecular flexibility index (Phi) is 3.49. The first kappa shape index (κ1) is 5.80. The van der Waals surface area contributed by atoms with Gasteiger partial charge in [-0.15, -0.1) is 0 Å². The van der Waals surface area contributed by atoms with Gasteiger partial charge in [-0.25, -0.2) is 0 Å². The van der Waals surface area contributed by atoms with Gasteiger partial charge in [0.1, 0.15) is 0 Å². The predicted octanol–water partition coefficient (Wildman–Crippen LogP) is 2.04. The van der Waals surface area contributed by atoms with Crippen molar-refractivity contribution in [3.63, 3.8) is 0 Å². The maximum atomic E-state index is 5.30. The van der Waals surface area contributed by atoms with Gasteiger partial charge in [0.05, 0.1) is 0 Å². The van der Waals surface area contributed by atoms with Gasteiger partial charge in [0.25, 0.3) is 0 Å².